The fraction of sp³-hybridized carbons (Fsp3) is 0.579. The number of benzene rings is 1. The first kappa shape index (κ1) is 18.2. The Morgan fingerprint density at radius 2 is 1.89 bits per heavy atom. The van der Waals surface area contributed by atoms with Gasteiger partial charge in [0.2, 0.25) is 5.91 Å². The van der Waals surface area contributed by atoms with Gasteiger partial charge in [-0.25, -0.2) is 13.6 Å². The molecule has 9 heteroatoms. The van der Waals surface area contributed by atoms with Crippen molar-refractivity contribution in [3.8, 4) is 0 Å². The van der Waals surface area contributed by atoms with Crippen LogP contribution in [0.2, 0.25) is 0 Å². The lowest BCUT2D eigenvalue weighted by molar-refractivity contribution is -0.122. The van der Waals surface area contributed by atoms with Gasteiger partial charge in [-0.05, 0) is 25.0 Å². The number of carbonyl (C=O) groups excluding carboxylic acids is 2. The van der Waals surface area contributed by atoms with E-state index in [4.69, 9.17) is 4.74 Å². The zero-order chi connectivity index (χ0) is 19.6. The lowest BCUT2D eigenvalue weighted by Gasteiger charge is -2.16. The summed E-state index contributed by atoms with van der Waals surface area (Å²) in [5.74, 6) is -0.390. The monoisotopic (exact) mass is 410 g/mol. The maximum Gasteiger partial charge on any atom is 0.414 e. The molecule has 1 N–H and O–H groups in total. The molecular weight excluding hydrogens is 390 g/mol. The number of carbonyl (C=O) groups is 2. The van der Waals surface area contributed by atoms with Crippen LogP contribution in [0.1, 0.15) is 24.3 Å². The number of anilines is 1. The molecule has 2 aliphatic heterocycles. The molecule has 2 aliphatic carbocycles. The van der Waals surface area contributed by atoms with E-state index in [9.17, 15) is 22.9 Å². The van der Waals surface area contributed by atoms with Gasteiger partial charge in [0.25, 0.3) is 0 Å². The van der Waals surface area contributed by atoms with Crippen LogP contribution in [0, 0.1) is 29.4 Å². The topological polar surface area (TPSA) is 81.7 Å². The summed E-state index contributed by atoms with van der Waals surface area (Å²) in [6.45, 7) is 0.304. The summed E-state index contributed by atoms with van der Waals surface area (Å²) in [5.41, 5.74) is 0.144. The number of fused-ring (bicyclic) bond motifs is 1. The molecule has 5 rings (SSSR count). The highest BCUT2D eigenvalue weighted by atomic mass is 32.2. The normalized spacial score (nSPS) is 33.6. The second kappa shape index (κ2) is 6.59. The molecule has 0 spiro atoms. The summed E-state index contributed by atoms with van der Waals surface area (Å²) in [6.07, 6.45) is 0.521. The van der Waals surface area contributed by atoms with Crippen molar-refractivity contribution in [3.05, 3.63) is 29.3 Å². The van der Waals surface area contributed by atoms with E-state index in [1.54, 1.807) is 0 Å². The van der Waals surface area contributed by atoms with Crippen LogP contribution in [-0.4, -0.2) is 47.3 Å². The molecule has 5 atom stereocenters. The minimum absolute atomic E-state index is 0.0382. The van der Waals surface area contributed by atoms with Crippen LogP contribution in [0.4, 0.5) is 19.3 Å². The Morgan fingerprint density at radius 1 is 1.25 bits per heavy atom. The van der Waals surface area contributed by atoms with Crippen molar-refractivity contribution in [1.82, 2.24) is 5.32 Å². The molecule has 0 bridgehead atoms. The Morgan fingerprint density at radius 3 is 2.50 bits per heavy atom. The number of halogens is 2. The van der Waals surface area contributed by atoms with Gasteiger partial charge in [-0.3, -0.25) is 9.69 Å². The van der Waals surface area contributed by atoms with Crippen LogP contribution in [0.3, 0.4) is 0 Å². The molecule has 6 nitrogen and oxygen atoms in total. The summed E-state index contributed by atoms with van der Waals surface area (Å²) in [4.78, 5) is 25.0. The Labute approximate surface area is 163 Å². The van der Waals surface area contributed by atoms with E-state index < -0.39 is 35.0 Å². The second-order valence-corrected chi connectivity index (χ2v) is 9.63. The van der Waals surface area contributed by atoms with Crippen molar-refractivity contribution in [2.24, 2.45) is 17.8 Å². The molecule has 2 heterocycles. The molecule has 28 heavy (non-hydrogen) atoms. The minimum Gasteiger partial charge on any atom is -0.616 e. The SMILES string of the molecule is O=C(NC[C@H]1CN(c2cc(F)c([C@H]3[C@@H]4C[S+]([O-])C[C@@H]43)c(F)c2)C(=O)O1)C1CC1. The van der Waals surface area contributed by atoms with Gasteiger partial charge in [0.1, 0.15) is 29.2 Å². The molecule has 2 saturated heterocycles. The van der Waals surface area contributed by atoms with Gasteiger partial charge >= 0.3 is 6.09 Å². The van der Waals surface area contributed by atoms with Crippen molar-refractivity contribution in [1.29, 1.82) is 0 Å². The highest BCUT2D eigenvalue weighted by Gasteiger charge is 2.61. The average Bonchev–Trinajstić information content (AvgIpc) is 3.51. The highest BCUT2D eigenvalue weighted by Crippen LogP contribution is 2.60. The second-order valence-electron chi connectivity index (χ2n) is 8.09. The van der Waals surface area contributed by atoms with E-state index >= 15 is 0 Å². The number of amides is 2. The van der Waals surface area contributed by atoms with Crippen LogP contribution < -0.4 is 10.2 Å². The number of rotatable bonds is 5. The van der Waals surface area contributed by atoms with Crippen LogP contribution in [0.5, 0.6) is 0 Å². The quantitative estimate of drug-likeness (QED) is 0.752. The third-order valence-electron chi connectivity index (χ3n) is 6.12. The van der Waals surface area contributed by atoms with Crippen molar-refractivity contribution in [2.45, 2.75) is 24.9 Å². The van der Waals surface area contributed by atoms with E-state index in [-0.39, 0.29) is 53.9 Å². The summed E-state index contributed by atoms with van der Waals surface area (Å²) in [6, 6.07) is 2.33. The third kappa shape index (κ3) is 3.14. The van der Waals surface area contributed by atoms with Crippen LogP contribution in [-0.2, 0) is 20.7 Å². The van der Waals surface area contributed by atoms with Gasteiger partial charge in [0.15, 0.2) is 0 Å². The molecule has 0 aromatic heterocycles. The zero-order valence-corrected chi connectivity index (χ0v) is 15.8. The predicted molar refractivity (Wildman–Crippen MR) is 97.3 cm³/mol. The lowest BCUT2D eigenvalue weighted by Crippen LogP contribution is -2.35. The Balaban J connectivity index is 1.27. The first-order valence-electron chi connectivity index (χ1n) is 9.52. The fourth-order valence-electron chi connectivity index (χ4n) is 4.41. The first-order valence-corrected chi connectivity index (χ1v) is 11.0. The lowest BCUT2D eigenvalue weighted by atomic mass is 10.1. The molecule has 4 aliphatic rings. The van der Waals surface area contributed by atoms with Gasteiger partial charge in [-0.2, -0.15) is 0 Å². The summed E-state index contributed by atoms with van der Waals surface area (Å²) in [7, 11) is 0. The summed E-state index contributed by atoms with van der Waals surface area (Å²) >= 11 is -0.875. The van der Waals surface area contributed by atoms with E-state index in [1.807, 2.05) is 0 Å². The number of cyclic esters (lactones) is 1. The molecule has 0 radical (unpaired) electrons. The molecular formula is C19H20F2N2O4S. The Kier molecular flexibility index (Phi) is 4.28. The van der Waals surface area contributed by atoms with Crippen LogP contribution >= 0.6 is 0 Å². The summed E-state index contributed by atoms with van der Waals surface area (Å²) in [5, 5.41) is 2.74. The van der Waals surface area contributed by atoms with Crippen LogP contribution in [0.25, 0.3) is 0 Å². The number of hydrogen-bond donors (Lipinski definition) is 1. The third-order valence-corrected chi connectivity index (χ3v) is 7.64. The molecule has 2 saturated carbocycles. The van der Waals surface area contributed by atoms with Crippen molar-refractivity contribution in [3.63, 3.8) is 0 Å². The molecule has 2 amide bonds. The molecule has 1 aromatic rings. The Hall–Kier alpha value is -1.87. The predicted octanol–water partition coefficient (Wildman–Crippen LogP) is 1.91. The van der Waals surface area contributed by atoms with Gasteiger partial charge < -0.3 is 14.6 Å². The first-order chi connectivity index (χ1) is 13.4. The van der Waals surface area contributed by atoms with Crippen molar-refractivity contribution < 1.29 is 27.7 Å². The molecule has 1 aromatic carbocycles. The maximum absolute atomic E-state index is 14.7. The van der Waals surface area contributed by atoms with Gasteiger partial charge in [0.05, 0.1) is 18.8 Å². The highest BCUT2D eigenvalue weighted by molar-refractivity contribution is 7.91. The van der Waals surface area contributed by atoms with E-state index in [0.717, 1.165) is 25.0 Å². The molecule has 4 fully saturated rings. The van der Waals surface area contributed by atoms with E-state index in [0.29, 0.717) is 11.5 Å². The standard InChI is InChI=1S/C19H20F2N2O4S/c20-14-3-10(4-15(21)17(14)16-12-7-28(26)8-13(12)16)23-6-11(27-19(23)25)5-22-18(24)9-1-2-9/h3-4,9,11-13,16H,1-2,5-8H2,(H,22,24)/t11-,12-,13+,16+,28?/m0/s1. The minimum atomic E-state index is -0.875. The van der Waals surface area contributed by atoms with E-state index in [2.05, 4.69) is 5.32 Å². The number of nitrogens with one attached hydrogen (secondary N) is 1. The summed E-state index contributed by atoms with van der Waals surface area (Å²) < 4.78 is 46.1. The number of nitrogens with zero attached hydrogens (tertiary/aromatic N) is 1. The van der Waals surface area contributed by atoms with Gasteiger partial charge in [-0.15, -0.1) is 0 Å². The van der Waals surface area contributed by atoms with E-state index in [1.165, 1.54) is 4.90 Å². The van der Waals surface area contributed by atoms with Gasteiger partial charge in [-0.1, -0.05) is 11.2 Å². The Bertz CT molecular complexity index is 814. The van der Waals surface area contributed by atoms with Crippen molar-refractivity contribution >= 4 is 28.9 Å². The maximum atomic E-state index is 14.7. The largest absolute Gasteiger partial charge is 0.616 e. The van der Waals surface area contributed by atoms with Crippen molar-refractivity contribution in [2.75, 3.05) is 29.5 Å². The van der Waals surface area contributed by atoms with Crippen LogP contribution in [0.15, 0.2) is 12.1 Å². The number of ether oxygens (including phenoxy) is 1. The molecule has 1 unspecified atom stereocenters. The molecule has 150 valence electrons. The number of hydrogen-bond acceptors (Lipinski definition) is 4. The van der Waals surface area contributed by atoms with Gasteiger partial charge in [0, 0.05) is 29.2 Å². The smallest absolute Gasteiger partial charge is 0.414 e. The fourth-order valence-corrected chi connectivity index (χ4v) is 6.32. The average molecular weight is 410 g/mol. The zero-order valence-electron chi connectivity index (χ0n) is 15.0.